The van der Waals surface area contributed by atoms with Gasteiger partial charge in [0.25, 0.3) is 0 Å². The van der Waals surface area contributed by atoms with Gasteiger partial charge in [-0.2, -0.15) is 9.97 Å². The number of unbranched alkanes of at least 4 members (excludes halogenated alkanes) is 1. The van der Waals surface area contributed by atoms with Crippen molar-refractivity contribution < 1.29 is 9.84 Å². The van der Waals surface area contributed by atoms with Gasteiger partial charge in [0, 0.05) is 18.3 Å². The van der Waals surface area contributed by atoms with Gasteiger partial charge in [0.1, 0.15) is 17.1 Å². The molecular formula is C22H31N5O2. The Bertz CT molecular complexity index is 919. The molecule has 3 aromatic rings. The molecule has 3 rings (SSSR count). The monoisotopic (exact) mass is 397 g/mol. The highest BCUT2D eigenvalue weighted by Crippen LogP contribution is 2.31. The summed E-state index contributed by atoms with van der Waals surface area (Å²) >= 11 is 0. The fourth-order valence-electron chi connectivity index (χ4n) is 3.30. The number of rotatable bonds is 10. The molecule has 0 saturated heterocycles. The summed E-state index contributed by atoms with van der Waals surface area (Å²) in [5.41, 5.74) is 9.94. The van der Waals surface area contributed by atoms with Gasteiger partial charge in [0.15, 0.2) is 5.82 Å². The molecule has 0 spiro atoms. The molecule has 1 unspecified atom stereocenters. The summed E-state index contributed by atoms with van der Waals surface area (Å²) in [7, 11) is 0. The predicted octanol–water partition coefficient (Wildman–Crippen LogP) is 3.64. The Hall–Kier alpha value is -2.64. The molecule has 0 aliphatic carbocycles. The van der Waals surface area contributed by atoms with E-state index in [2.05, 4.69) is 52.8 Å². The highest BCUT2D eigenvalue weighted by molar-refractivity contribution is 5.88. The summed E-state index contributed by atoms with van der Waals surface area (Å²) in [6, 6.07) is 8.30. The Labute approximate surface area is 171 Å². The molecule has 0 saturated carbocycles. The van der Waals surface area contributed by atoms with Crippen LogP contribution in [0.1, 0.15) is 56.4 Å². The van der Waals surface area contributed by atoms with Gasteiger partial charge in [0.05, 0.1) is 6.61 Å². The molecule has 0 radical (unpaired) electrons. The number of hydrogen-bond donors (Lipinski definition) is 3. The van der Waals surface area contributed by atoms with Gasteiger partial charge >= 0.3 is 6.01 Å². The van der Waals surface area contributed by atoms with Crippen LogP contribution < -0.4 is 10.5 Å². The van der Waals surface area contributed by atoms with Crippen molar-refractivity contribution in [3.05, 3.63) is 47.2 Å². The number of benzene rings is 1. The Morgan fingerprint density at radius 1 is 1.14 bits per heavy atom. The number of ether oxygens (including phenoxy) is 1. The number of nitrogens with two attached hydrogens (primary N) is 1. The van der Waals surface area contributed by atoms with E-state index in [1.165, 1.54) is 5.56 Å². The van der Waals surface area contributed by atoms with Crippen LogP contribution in [0.25, 0.3) is 11.0 Å². The van der Waals surface area contributed by atoms with Crippen molar-refractivity contribution in [2.45, 2.75) is 46.3 Å². The minimum Gasteiger partial charge on any atom is -0.463 e. The van der Waals surface area contributed by atoms with Crippen molar-refractivity contribution in [2.75, 3.05) is 25.4 Å². The Morgan fingerprint density at radius 2 is 1.86 bits per heavy atom. The van der Waals surface area contributed by atoms with Crippen LogP contribution in [0.2, 0.25) is 0 Å². The number of nitrogens with zero attached hydrogens (tertiary/aromatic N) is 3. The normalized spacial score (nSPS) is 12.6. The Kier molecular flexibility index (Phi) is 7.06. The van der Waals surface area contributed by atoms with E-state index in [0.717, 1.165) is 38.0 Å². The molecule has 7 nitrogen and oxygen atoms in total. The first-order valence-corrected chi connectivity index (χ1v) is 10.3. The van der Waals surface area contributed by atoms with Crippen LogP contribution in [0.15, 0.2) is 30.5 Å². The fraction of sp³-hybridized carbons (Fsp3) is 0.455. The molecule has 0 bridgehead atoms. The minimum absolute atomic E-state index is 0.242. The lowest BCUT2D eigenvalue weighted by atomic mass is 10.0. The predicted molar refractivity (Wildman–Crippen MR) is 116 cm³/mol. The van der Waals surface area contributed by atoms with Crippen LogP contribution in [-0.4, -0.2) is 44.7 Å². The summed E-state index contributed by atoms with van der Waals surface area (Å²) in [6.07, 6.45) is 2.86. The molecule has 4 N–H and O–H groups in total. The molecule has 0 fully saturated rings. The third-order valence-electron chi connectivity index (χ3n) is 5.18. The number of anilines is 1. The number of aromatic amines is 1. The molecule has 29 heavy (non-hydrogen) atoms. The maximum atomic E-state index is 11.0. The maximum absolute atomic E-state index is 11.0. The van der Waals surface area contributed by atoms with Crippen LogP contribution in [0, 0.1) is 0 Å². The van der Waals surface area contributed by atoms with Gasteiger partial charge in [-0.25, -0.2) is 0 Å². The minimum atomic E-state index is -0.816. The van der Waals surface area contributed by atoms with Gasteiger partial charge in [-0.1, -0.05) is 51.5 Å². The van der Waals surface area contributed by atoms with Crippen molar-refractivity contribution >= 4 is 16.9 Å². The van der Waals surface area contributed by atoms with Crippen molar-refractivity contribution in [3.8, 4) is 6.01 Å². The van der Waals surface area contributed by atoms with Crippen LogP contribution in [0.4, 0.5) is 5.82 Å². The topological polar surface area (TPSA) is 100 Å². The first-order chi connectivity index (χ1) is 14.1. The molecule has 0 aliphatic rings. The van der Waals surface area contributed by atoms with Crippen molar-refractivity contribution in [1.82, 2.24) is 19.9 Å². The number of H-pyrrole nitrogens is 1. The first-order valence-electron chi connectivity index (χ1n) is 10.3. The number of aliphatic hydroxyl groups is 1. The highest BCUT2D eigenvalue weighted by atomic mass is 16.5. The van der Waals surface area contributed by atoms with E-state index >= 15 is 0 Å². The van der Waals surface area contributed by atoms with E-state index in [9.17, 15) is 5.11 Å². The lowest BCUT2D eigenvalue weighted by Gasteiger charge is -2.18. The SMILES string of the molecule is CCCCOc1nc(N)c2[nH]cc(C(O)c3ccc(CN(CC)CC)cc3)c2n1. The second-order valence-electron chi connectivity index (χ2n) is 7.17. The number of aromatic nitrogens is 3. The number of hydrogen-bond acceptors (Lipinski definition) is 6. The fourth-order valence-corrected chi connectivity index (χ4v) is 3.30. The second kappa shape index (κ2) is 9.71. The summed E-state index contributed by atoms with van der Waals surface area (Å²) in [5, 5.41) is 11.0. The zero-order valence-electron chi connectivity index (χ0n) is 17.5. The zero-order chi connectivity index (χ0) is 20.8. The quantitative estimate of drug-likeness (QED) is 0.452. The molecule has 2 aromatic heterocycles. The number of fused-ring (bicyclic) bond motifs is 1. The first kappa shape index (κ1) is 21.1. The van der Waals surface area contributed by atoms with Gasteiger partial charge in [-0.3, -0.25) is 4.90 Å². The summed E-state index contributed by atoms with van der Waals surface area (Å²) in [5.74, 6) is 0.314. The van der Waals surface area contributed by atoms with Crippen LogP contribution >= 0.6 is 0 Å². The van der Waals surface area contributed by atoms with Crippen molar-refractivity contribution in [1.29, 1.82) is 0 Å². The maximum Gasteiger partial charge on any atom is 0.319 e. The van der Waals surface area contributed by atoms with E-state index in [1.54, 1.807) is 6.20 Å². The van der Waals surface area contributed by atoms with E-state index in [1.807, 2.05) is 12.1 Å². The Balaban J connectivity index is 1.83. The molecule has 1 atom stereocenters. The molecule has 0 aliphatic heterocycles. The standard InChI is InChI=1S/C22H31N5O2/c1-4-7-12-29-22-25-18-17(13-24-19(18)21(23)26-22)20(28)16-10-8-15(9-11-16)14-27(5-2)6-3/h8-11,13,20,24,28H,4-7,12,14H2,1-3H3,(H2,23,25,26). The van der Waals surface area contributed by atoms with Crippen LogP contribution in [0.5, 0.6) is 6.01 Å². The molecule has 0 amide bonds. The number of aliphatic hydroxyl groups excluding tert-OH is 1. The van der Waals surface area contributed by atoms with Crippen LogP contribution in [-0.2, 0) is 6.54 Å². The summed E-state index contributed by atoms with van der Waals surface area (Å²) < 4.78 is 5.62. The average molecular weight is 398 g/mol. The van der Waals surface area contributed by atoms with Gasteiger partial charge < -0.3 is 20.6 Å². The lowest BCUT2D eigenvalue weighted by molar-refractivity contribution is 0.221. The molecule has 2 heterocycles. The summed E-state index contributed by atoms with van der Waals surface area (Å²) in [4.78, 5) is 14.1. The molecular weight excluding hydrogens is 366 g/mol. The van der Waals surface area contributed by atoms with E-state index in [-0.39, 0.29) is 6.01 Å². The lowest BCUT2D eigenvalue weighted by Crippen LogP contribution is -2.22. The largest absolute Gasteiger partial charge is 0.463 e. The van der Waals surface area contributed by atoms with Crippen LogP contribution in [0.3, 0.4) is 0 Å². The molecule has 1 aromatic carbocycles. The molecule has 7 heteroatoms. The number of nitrogens with one attached hydrogen (secondary N) is 1. The highest BCUT2D eigenvalue weighted by Gasteiger charge is 2.19. The van der Waals surface area contributed by atoms with Gasteiger partial charge in [-0.15, -0.1) is 0 Å². The van der Waals surface area contributed by atoms with Gasteiger partial charge in [-0.05, 0) is 30.6 Å². The Morgan fingerprint density at radius 3 is 2.52 bits per heavy atom. The second-order valence-corrected chi connectivity index (χ2v) is 7.17. The van der Waals surface area contributed by atoms with E-state index in [0.29, 0.717) is 29.0 Å². The van der Waals surface area contributed by atoms with E-state index in [4.69, 9.17) is 10.5 Å². The smallest absolute Gasteiger partial charge is 0.319 e. The van der Waals surface area contributed by atoms with Crippen molar-refractivity contribution in [3.63, 3.8) is 0 Å². The summed E-state index contributed by atoms with van der Waals surface area (Å²) in [6.45, 7) is 9.88. The van der Waals surface area contributed by atoms with E-state index < -0.39 is 6.10 Å². The molecule has 156 valence electrons. The van der Waals surface area contributed by atoms with Gasteiger partial charge in [0.2, 0.25) is 0 Å². The van der Waals surface area contributed by atoms with Crippen molar-refractivity contribution in [2.24, 2.45) is 0 Å². The average Bonchev–Trinajstić information content (AvgIpc) is 3.16. The third-order valence-corrected chi connectivity index (χ3v) is 5.18. The number of nitrogen functional groups attached to an aromatic ring is 1. The third kappa shape index (κ3) is 4.86. The zero-order valence-corrected chi connectivity index (χ0v) is 17.5.